The third-order valence-corrected chi connectivity index (χ3v) is 12.0. The molecule has 1 atom stereocenters. The SMILES string of the molecule is COC(=O)CCCCCC1(C)C(=CC=CC=CC2=[N+](CCCCCC(=O)O)c3ccc(C)cc3C2(C)C)N(CCCCCC(=O)O)c2ccc(S(=O)(=O)O)cc21. The summed E-state index contributed by atoms with van der Waals surface area (Å²) in [5.74, 6) is -1.86. The first-order chi connectivity index (χ1) is 26.5. The molecule has 0 saturated carbocycles. The molecule has 0 amide bonds. The summed E-state index contributed by atoms with van der Waals surface area (Å²) < 4.78 is 41.8. The standard InChI is InChI=1S/C44H58N2O9S/c1-32-23-25-36-34(30-32)43(2,3)38(45(36)28-16-8-12-20-40(47)48)18-10-6-11-19-39-44(4,27-15-7-14-22-42(51)55-5)35-31-33(56(52,53)54)24-26-37(35)46(39)29-17-9-13-21-41(49)50/h6,10-11,18-19,23-26,30-31H,7-9,12-17,20-22,27-29H2,1-5H3,(H2-,47,48,49,50,52,53,54)/p+1. The molecule has 2 aromatic carbocycles. The van der Waals surface area contributed by atoms with Crippen molar-refractivity contribution in [1.29, 1.82) is 0 Å². The van der Waals surface area contributed by atoms with Gasteiger partial charge in [-0.3, -0.25) is 18.9 Å². The minimum absolute atomic E-state index is 0.0953. The number of carboxylic acid groups (broad SMARTS) is 2. The van der Waals surface area contributed by atoms with Crippen LogP contribution in [0.15, 0.2) is 77.4 Å². The average molecular weight is 792 g/mol. The Labute approximate surface area is 332 Å². The normalized spacial score (nSPS) is 18.3. The van der Waals surface area contributed by atoms with Crippen LogP contribution in [0, 0.1) is 6.92 Å². The Kier molecular flexibility index (Phi) is 15.4. The molecule has 0 saturated heterocycles. The number of hydrogen-bond donors (Lipinski definition) is 3. The number of ether oxygens (including phenoxy) is 1. The molecule has 2 aliphatic rings. The number of fused-ring (bicyclic) bond motifs is 2. The zero-order valence-corrected chi connectivity index (χ0v) is 34.4. The van der Waals surface area contributed by atoms with Gasteiger partial charge in [-0.05, 0) is 102 Å². The Balaban J connectivity index is 1.69. The Bertz CT molecular complexity index is 1990. The van der Waals surface area contributed by atoms with Crippen molar-refractivity contribution in [2.45, 2.75) is 127 Å². The van der Waals surface area contributed by atoms with Gasteiger partial charge in [0.15, 0.2) is 5.71 Å². The number of unbranched alkanes of at least 4 members (excludes halogenated alkanes) is 6. The number of aryl methyl sites for hydroxylation is 1. The molecule has 2 heterocycles. The quantitative estimate of drug-likeness (QED) is 0.0346. The van der Waals surface area contributed by atoms with E-state index >= 15 is 0 Å². The number of allylic oxidation sites excluding steroid dienone is 6. The number of hydrogen-bond acceptors (Lipinski definition) is 7. The van der Waals surface area contributed by atoms with Gasteiger partial charge >= 0.3 is 17.9 Å². The fraction of sp³-hybridized carbons (Fsp3) is 0.500. The molecule has 2 aliphatic heterocycles. The smallest absolute Gasteiger partial charge is 0.305 e. The molecule has 2 aromatic rings. The lowest BCUT2D eigenvalue weighted by Gasteiger charge is -2.30. The van der Waals surface area contributed by atoms with Crippen LogP contribution >= 0.6 is 0 Å². The van der Waals surface area contributed by atoms with Gasteiger partial charge in [-0.1, -0.05) is 49.1 Å². The minimum Gasteiger partial charge on any atom is -0.481 e. The number of methoxy groups -OCH3 is 1. The van der Waals surface area contributed by atoms with Crippen molar-refractivity contribution in [3.05, 3.63) is 89.2 Å². The van der Waals surface area contributed by atoms with Crippen LogP contribution < -0.4 is 4.90 Å². The topological polar surface area (TPSA) is 162 Å². The molecule has 56 heavy (non-hydrogen) atoms. The van der Waals surface area contributed by atoms with Gasteiger partial charge in [0.2, 0.25) is 5.69 Å². The van der Waals surface area contributed by atoms with E-state index in [9.17, 15) is 27.4 Å². The highest BCUT2D eigenvalue weighted by Gasteiger charge is 2.45. The maximum atomic E-state index is 12.3. The van der Waals surface area contributed by atoms with E-state index in [0.29, 0.717) is 45.1 Å². The van der Waals surface area contributed by atoms with E-state index in [1.165, 1.54) is 30.0 Å². The van der Waals surface area contributed by atoms with Gasteiger partial charge in [0, 0.05) is 66.7 Å². The van der Waals surface area contributed by atoms with Crippen molar-refractivity contribution in [3.63, 3.8) is 0 Å². The van der Waals surface area contributed by atoms with Crippen LogP contribution in [0.4, 0.5) is 11.4 Å². The maximum absolute atomic E-state index is 12.3. The number of rotatable bonds is 22. The molecule has 0 bridgehead atoms. The lowest BCUT2D eigenvalue weighted by atomic mass is 9.77. The zero-order chi connectivity index (χ0) is 41.1. The molecule has 0 aromatic heterocycles. The third-order valence-electron chi connectivity index (χ3n) is 11.1. The second-order valence-corrected chi connectivity index (χ2v) is 17.1. The van der Waals surface area contributed by atoms with Crippen LogP contribution in [0.25, 0.3) is 0 Å². The average Bonchev–Trinajstić information content (AvgIpc) is 3.48. The van der Waals surface area contributed by atoms with Gasteiger partial charge in [-0.2, -0.15) is 13.0 Å². The number of carbonyl (C=O) groups excluding carboxylic acids is 1. The predicted octanol–water partition coefficient (Wildman–Crippen LogP) is 8.81. The molecule has 11 nitrogen and oxygen atoms in total. The third kappa shape index (κ3) is 11.1. The molecular weight excluding hydrogens is 733 g/mol. The van der Waals surface area contributed by atoms with Gasteiger partial charge in [0.25, 0.3) is 10.1 Å². The van der Waals surface area contributed by atoms with E-state index in [-0.39, 0.29) is 29.1 Å². The Morgan fingerprint density at radius 1 is 0.804 bits per heavy atom. The predicted molar refractivity (Wildman–Crippen MR) is 219 cm³/mol. The summed E-state index contributed by atoms with van der Waals surface area (Å²) >= 11 is 0. The first-order valence-electron chi connectivity index (χ1n) is 19.7. The van der Waals surface area contributed by atoms with Crippen molar-refractivity contribution in [3.8, 4) is 0 Å². The molecule has 0 radical (unpaired) electrons. The van der Waals surface area contributed by atoms with Crippen LogP contribution in [0.3, 0.4) is 0 Å². The van der Waals surface area contributed by atoms with E-state index in [1.54, 1.807) is 12.1 Å². The van der Waals surface area contributed by atoms with Crippen LogP contribution in [0.5, 0.6) is 0 Å². The number of anilines is 1. The molecule has 1 unspecified atom stereocenters. The van der Waals surface area contributed by atoms with Gasteiger partial charge in [0.1, 0.15) is 6.54 Å². The molecular formula is C44H59N2O9S+. The van der Waals surface area contributed by atoms with Crippen molar-refractivity contribution in [2.24, 2.45) is 0 Å². The monoisotopic (exact) mass is 791 g/mol. The van der Waals surface area contributed by atoms with E-state index in [0.717, 1.165) is 61.3 Å². The van der Waals surface area contributed by atoms with Gasteiger partial charge in [0.05, 0.1) is 17.4 Å². The Morgan fingerprint density at radius 2 is 1.46 bits per heavy atom. The van der Waals surface area contributed by atoms with Crippen LogP contribution in [-0.4, -0.2) is 71.6 Å². The van der Waals surface area contributed by atoms with Crippen LogP contribution in [-0.2, 0) is 40.1 Å². The van der Waals surface area contributed by atoms with E-state index in [2.05, 4.69) is 67.5 Å². The highest BCUT2D eigenvalue weighted by molar-refractivity contribution is 7.85. The molecule has 0 fully saturated rings. The summed E-state index contributed by atoms with van der Waals surface area (Å²) in [5, 5.41) is 18.2. The lowest BCUT2D eigenvalue weighted by Crippen LogP contribution is -2.29. The Hall–Kier alpha value is -4.55. The Morgan fingerprint density at radius 3 is 2.12 bits per heavy atom. The molecule has 4 rings (SSSR count). The number of aliphatic carboxylic acids is 2. The fourth-order valence-electron chi connectivity index (χ4n) is 8.06. The summed E-state index contributed by atoms with van der Waals surface area (Å²) in [6.07, 6.45) is 18.0. The van der Waals surface area contributed by atoms with Gasteiger partial charge < -0.3 is 19.8 Å². The summed E-state index contributed by atoms with van der Waals surface area (Å²) in [5.41, 5.74) is 6.48. The van der Waals surface area contributed by atoms with Gasteiger partial charge in [-0.25, -0.2) is 0 Å². The van der Waals surface area contributed by atoms with Crippen molar-refractivity contribution in [2.75, 3.05) is 25.1 Å². The summed E-state index contributed by atoms with van der Waals surface area (Å²) in [6.45, 7) is 10.00. The number of esters is 1. The summed E-state index contributed by atoms with van der Waals surface area (Å²) in [6, 6.07) is 11.3. The molecule has 3 N–H and O–H groups in total. The maximum Gasteiger partial charge on any atom is 0.305 e. The van der Waals surface area contributed by atoms with Crippen molar-refractivity contribution >= 4 is 45.1 Å². The first-order valence-corrected chi connectivity index (χ1v) is 21.2. The van der Waals surface area contributed by atoms with E-state index in [1.807, 2.05) is 18.2 Å². The largest absolute Gasteiger partial charge is 0.481 e. The van der Waals surface area contributed by atoms with Crippen molar-refractivity contribution in [1.82, 2.24) is 0 Å². The van der Waals surface area contributed by atoms with Crippen LogP contribution in [0.1, 0.15) is 121 Å². The van der Waals surface area contributed by atoms with Gasteiger partial charge in [-0.15, -0.1) is 0 Å². The number of carbonyl (C=O) groups is 3. The zero-order valence-electron chi connectivity index (χ0n) is 33.6. The number of carboxylic acids is 2. The lowest BCUT2D eigenvalue weighted by molar-refractivity contribution is -0.438. The second-order valence-electron chi connectivity index (χ2n) is 15.7. The summed E-state index contributed by atoms with van der Waals surface area (Å²) in [4.78, 5) is 36.0. The molecule has 304 valence electrons. The number of benzene rings is 2. The van der Waals surface area contributed by atoms with E-state index in [4.69, 9.17) is 14.9 Å². The van der Waals surface area contributed by atoms with E-state index < -0.39 is 27.5 Å². The number of nitrogens with zero attached hydrogens (tertiary/aromatic N) is 2. The molecule has 0 spiro atoms. The summed E-state index contributed by atoms with van der Waals surface area (Å²) in [7, 11) is -3.09. The fourth-order valence-corrected chi connectivity index (χ4v) is 8.56. The molecule has 0 aliphatic carbocycles. The molecule has 12 heteroatoms. The second kappa shape index (κ2) is 19.5. The van der Waals surface area contributed by atoms with Crippen LogP contribution in [0.2, 0.25) is 0 Å². The first kappa shape index (κ1) is 44.2. The minimum atomic E-state index is -4.46. The van der Waals surface area contributed by atoms with Crippen molar-refractivity contribution < 1.29 is 46.9 Å². The highest BCUT2D eigenvalue weighted by atomic mass is 32.2. The highest BCUT2D eigenvalue weighted by Crippen LogP contribution is 2.51.